The Bertz CT molecular complexity index is 446. The topological polar surface area (TPSA) is 55.8 Å². The lowest BCUT2D eigenvalue weighted by molar-refractivity contribution is 0.0229. The second-order valence-electron chi connectivity index (χ2n) is 2.83. The van der Waals surface area contributed by atoms with Gasteiger partial charge in [-0.3, -0.25) is 9.08 Å². The molecule has 1 aliphatic heterocycles. The van der Waals surface area contributed by atoms with Crippen LogP contribution in [0.2, 0.25) is 0 Å². The normalized spacial score (nSPS) is 32.6. The van der Waals surface area contributed by atoms with E-state index in [1.165, 1.54) is 0 Å². The summed E-state index contributed by atoms with van der Waals surface area (Å²) in [6, 6.07) is 0. The molecule has 0 N–H and O–H groups in total. The number of hydrogen-bond donors (Lipinski definition) is 0. The summed E-state index contributed by atoms with van der Waals surface area (Å²) < 4.78 is 77.4. The average Bonchev–Trinajstić information content (AvgIpc) is 2.26. The third-order valence-electron chi connectivity index (χ3n) is 1.51. The molecule has 0 amide bonds. The minimum absolute atomic E-state index is 0.0385. The standard InChI is InChI=1S/C8H17NO4S/c1-8(13-14(2,10)11)7-9-3-5-12-6-4-9/h8H,3-7H2,1-2H3/i1D3,7D2,8D. The van der Waals surface area contributed by atoms with Crippen molar-refractivity contribution in [3.05, 3.63) is 0 Å². The smallest absolute Gasteiger partial charge is 0.264 e. The number of morpholine rings is 1. The molecule has 14 heavy (non-hydrogen) atoms. The first kappa shape index (κ1) is 5.79. The monoisotopic (exact) mass is 229 g/mol. The number of rotatable bonds is 4. The van der Waals surface area contributed by atoms with Crippen molar-refractivity contribution < 1.29 is 25.6 Å². The van der Waals surface area contributed by atoms with Gasteiger partial charge in [-0.2, -0.15) is 8.42 Å². The summed E-state index contributed by atoms with van der Waals surface area (Å²) in [5, 5.41) is 0. The molecule has 1 saturated heterocycles. The Kier molecular flexibility index (Phi) is 2.09. The molecule has 0 aromatic heterocycles. The Hall–Kier alpha value is -0.170. The van der Waals surface area contributed by atoms with Crippen LogP contribution >= 0.6 is 0 Å². The summed E-state index contributed by atoms with van der Waals surface area (Å²) in [6.07, 6.45) is -2.68. The molecule has 1 atom stereocenters. The first-order valence-corrected chi connectivity index (χ1v) is 5.86. The molecule has 1 rings (SSSR count). The third-order valence-corrected chi connectivity index (χ3v) is 1.97. The average molecular weight is 229 g/mol. The van der Waals surface area contributed by atoms with Gasteiger partial charge in [-0.1, -0.05) is 0 Å². The van der Waals surface area contributed by atoms with Crippen molar-refractivity contribution in [1.82, 2.24) is 4.90 Å². The van der Waals surface area contributed by atoms with Gasteiger partial charge in [-0.05, 0) is 6.85 Å². The van der Waals surface area contributed by atoms with Crippen LogP contribution in [-0.2, 0) is 19.0 Å². The summed E-state index contributed by atoms with van der Waals surface area (Å²) >= 11 is 0. The summed E-state index contributed by atoms with van der Waals surface area (Å²) in [4.78, 5) is 1.04. The van der Waals surface area contributed by atoms with Crippen LogP contribution < -0.4 is 0 Å². The lowest BCUT2D eigenvalue weighted by Crippen LogP contribution is -2.41. The molecule has 1 fully saturated rings. The van der Waals surface area contributed by atoms with Crippen molar-refractivity contribution >= 4 is 10.1 Å². The Labute approximate surface area is 93.5 Å². The number of nitrogens with zero attached hydrogens (tertiary/aromatic N) is 1. The molecule has 5 nitrogen and oxygen atoms in total. The number of hydrogen-bond acceptors (Lipinski definition) is 5. The van der Waals surface area contributed by atoms with Crippen molar-refractivity contribution in [1.29, 1.82) is 0 Å². The second-order valence-corrected chi connectivity index (χ2v) is 4.40. The Morgan fingerprint density at radius 3 is 2.86 bits per heavy atom. The fraction of sp³-hybridized carbons (Fsp3) is 1.00. The largest absolute Gasteiger partial charge is 0.379 e. The van der Waals surface area contributed by atoms with E-state index in [0.717, 1.165) is 4.90 Å². The number of ether oxygens (including phenoxy) is 1. The van der Waals surface area contributed by atoms with E-state index in [9.17, 15) is 8.42 Å². The van der Waals surface area contributed by atoms with Gasteiger partial charge in [0.1, 0.15) is 0 Å². The van der Waals surface area contributed by atoms with Gasteiger partial charge in [0.15, 0.2) is 0 Å². The highest BCUT2D eigenvalue weighted by atomic mass is 32.2. The van der Waals surface area contributed by atoms with Crippen LogP contribution in [0.15, 0.2) is 0 Å². The highest BCUT2D eigenvalue weighted by Crippen LogP contribution is 2.03. The fourth-order valence-electron chi connectivity index (χ4n) is 0.989. The minimum atomic E-state index is -4.33. The van der Waals surface area contributed by atoms with Crippen molar-refractivity contribution in [3.8, 4) is 0 Å². The Balaban J connectivity index is 3.21. The van der Waals surface area contributed by atoms with Crippen molar-refractivity contribution in [2.75, 3.05) is 39.1 Å². The predicted molar refractivity (Wildman–Crippen MR) is 52.6 cm³/mol. The van der Waals surface area contributed by atoms with Crippen LogP contribution in [0.1, 0.15) is 15.1 Å². The molecule has 1 unspecified atom stereocenters. The van der Waals surface area contributed by atoms with Gasteiger partial charge in [0.2, 0.25) is 0 Å². The summed E-state index contributed by atoms with van der Waals surface area (Å²) in [6.45, 7) is -5.72. The van der Waals surface area contributed by atoms with Crippen LogP contribution in [0.25, 0.3) is 0 Å². The molecule has 1 heterocycles. The van der Waals surface area contributed by atoms with Crippen LogP contribution in [0, 0.1) is 0 Å². The molecule has 0 saturated carbocycles. The van der Waals surface area contributed by atoms with E-state index in [1.54, 1.807) is 0 Å². The maximum absolute atomic E-state index is 11.2. The van der Waals surface area contributed by atoms with E-state index < -0.39 is 29.5 Å². The molecule has 6 heteroatoms. The van der Waals surface area contributed by atoms with Gasteiger partial charge < -0.3 is 4.74 Å². The van der Waals surface area contributed by atoms with E-state index >= 15 is 0 Å². The first-order chi connectivity index (χ1) is 8.81. The van der Waals surface area contributed by atoms with Gasteiger partial charge in [0.05, 0.1) is 26.9 Å². The molecule has 0 bridgehead atoms. The molecule has 1 aliphatic rings. The highest BCUT2D eigenvalue weighted by Gasteiger charge is 2.16. The van der Waals surface area contributed by atoms with Crippen molar-refractivity contribution in [2.45, 2.75) is 12.9 Å². The second kappa shape index (κ2) is 5.06. The maximum atomic E-state index is 11.2. The summed E-state index contributed by atoms with van der Waals surface area (Å²) in [7, 11) is -4.33. The molecular formula is C8H17NO4S. The van der Waals surface area contributed by atoms with Crippen LogP contribution in [0.5, 0.6) is 0 Å². The van der Waals surface area contributed by atoms with Gasteiger partial charge >= 0.3 is 0 Å². The fourth-order valence-corrected chi connectivity index (χ4v) is 1.33. The molecule has 0 aliphatic carbocycles. The lowest BCUT2D eigenvalue weighted by atomic mass is 10.3. The maximum Gasteiger partial charge on any atom is 0.264 e. The summed E-state index contributed by atoms with van der Waals surface area (Å²) in [5.41, 5.74) is 0. The SMILES string of the molecule is [2H]C([2H])([2H])C([2H])(OS(C)(=O)=O)C([2H])([2H])N1CCOCC1. The van der Waals surface area contributed by atoms with Crippen molar-refractivity contribution in [3.63, 3.8) is 0 Å². The quantitative estimate of drug-likeness (QED) is 0.619. The van der Waals surface area contributed by atoms with Gasteiger partial charge in [-0.25, -0.2) is 0 Å². The zero-order valence-electron chi connectivity index (χ0n) is 13.8. The van der Waals surface area contributed by atoms with E-state index in [4.69, 9.17) is 13.0 Å². The third kappa shape index (κ3) is 4.90. The van der Waals surface area contributed by atoms with Gasteiger partial charge in [0, 0.05) is 26.4 Å². The zero-order chi connectivity index (χ0) is 15.8. The molecule has 0 spiro atoms. The molecule has 0 aromatic rings. The first-order valence-electron chi connectivity index (χ1n) is 7.05. The van der Waals surface area contributed by atoms with Crippen LogP contribution in [0.3, 0.4) is 0 Å². The summed E-state index contributed by atoms with van der Waals surface area (Å²) in [5.74, 6) is 0. The van der Waals surface area contributed by atoms with E-state index in [0.29, 0.717) is 6.26 Å². The lowest BCUT2D eigenvalue weighted by Gasteiger charge is -2.28. The predicted octanol–water partition coefficient (Wildman–Crippen LogP) is -0.317. The van der Waals surface area contributed by atoms with Gasteiger partial charge in [-0.15, -0.1) is 0 Å². The van der Waals surface area contributed by atoms with Crippen LogP contribution in [-0.4, -0.2) is 58.5 Å². The van der Waals surface area contributed by atoms with Crippen LogP contribution in [0.4, 0.5) is 0 Å². The van der Waals surface area contributed by atoms with Gasteiger partial charge in [0.25, 0.3) is 10.1 Å². The van der Waals surface area contributed by atoms with E-state index in [2.05, 4.69) is 4.18 Å². The van der Waals surface area contributed by atoms with E-state index in [-0.39, 0.29) is 26.3 Å². The van der Waals surface area contributed by atoms with E-state index in [1.807, 2.05) is 0 Å². The highest BCUT2D eigenvalue weighted by molar-refractivity contribution is 7.86. The Morgan fingerprint density at radius 2 is 2.36 bits per heavy atom. The zero-order valence-corrected chi connectivity index (χ0v) is 8.63. The molecular weight excluding hydrogens is 206 g/mol. The Morgan fingerprint density at radius 1 is 1.71 bits per heavy atom. The molecule has 84 valence electrons. The van der Waals surface area contributed by atoms with Crippen molar-refractivity contribution in [2.24, 2.45) is 0 Å². The molecule has 0 radical (unpaired) electrons. The minimum Gasteiger partial charge on any atom is -0.379 e. The molecule has 0 aromatic carbocycles.